The summed E-state index contributed by atoms with van der Waals surface area (Å²) in [6.07, 6.45) is 1.18. The standard InChI is InChI=1S/C12H25NO3/c1-9(2)5-11(7-13)6-12(14)16-10(3)8-15-4/h9-11H,5-8,13H2,1-4H3/t10?,11-/m0/s1. The summed E-state index contributed by atoms with van der Waals surface area (Å²) in [5.74, 6) is 0.598. The van der Waals surface area contributed by atoms with Gasteiger partial charge in [-0.05, 0) is 31.7 Å². The monoisotopic (exact) mass is 231 g/mol. The molecule has 0 amide bonds. The van der Waals surface area contributed by atoms with Gasteiger partial charge in [0.2, 0.25) is 0 Å². The lowest BCUT2D eigenvalue weighted by Gasteiger charge is -2.18. The third-order valence-electron chi connectivity index (χ3n) is 2.33. The fourth-order valence-electron chi connectivity index (χ4n) is 1.71. The van der Waals surface area contributed by atoms with Gasteiger partial charge in [0.15, 0.2) is 0 Å². The molecule has 0 aliphatic rings. The minimum absolute atomic E-state index is 0.180. The van der Waals surface area contributed by atoms with Crippen LogP contribution in [0.4, 0.5) is 0 Å². The Morgan fingerprint density at radius 1 is 1.31 bits per heavy atom. The zero-order chi connectivity index (χ0) is 12.6. The Hall–Kier alpha value is -0.610. The van der Waals surface area contributed by atoms with Crippen LogP contribution in [0.2, 0.25) is 0 Å². The zero-order valence-electron chi connectivity index (χ0n) is 10.9. The van der Waals surface area contributed by atoms with Gasteiger partial charge in [-0.1, -0.05) is 13.8 Å². The summed E-state index contributed by atoms with van der Waals surface area (Å²) in [5.41, 5.74) is 5.63. The van der Waals surface area contributed by atoms with Crippen LogP contribution in [0.15, 0.2) is 0 Å². The van der Waals surface area contributed by atoms with E-state index in [1.165, 1.54) is 0 Å². The van der Waals surface area contributed by atoms with Gasteiger partial charge in [-0.15, -0.1) is 0 Å². The topological polar surface area (TPSA) is 61.5 Å². The minimum atomic E-state index is -0.185. The van der Waals surface area contributed by atoms with Gasteiger partial charge < -0.3 is 15.2 Å². The van der Waals surface area contributed by atoms with Crippen molar-refractivity contribution in [2.45, 2.75) is 39.7 Å². The van der Waals surface area contributed by atoms with Crippen molar-refractivity contribution in [2.75, 3.05) is 20.3 Å². The van der Waals surface area contributed by atoms with Crippen LogP contribution < -0.4 is 5.73 Å². The number of rotatable bonds is 8. The second-order valence-electron chi connectivity index (χ2n) is 4.69. The molecule has 1 unspecified atom stereocenters. The fraction of sp³-hybridized carbons (Fsp3) is 0.917. The molecule has 96 valence electrons. The van der Waals surface area contributed by atoms with E-state index in [0.717, 1.165) is 6.42 Å². The van der Waals surface area contributed by atoms with Crippen molar-refractivity contribution in [1.82, 2.24) is 0 Å². The number of methoxy groups -OCH3 is 1. The first kappa shape index (κ1) is 15.4. The van der Waals surface area contributed by atoms with Crippen LogP contribution >= 0.6 is 0 Å². The summed E-state index contributed by atoms with van der Waals surface area (Å²) in [5, 5.41) is 0. The van der Waals surface area contributed by atoms with Gasteiger partial charge >= 0.3 is 5.97 Å². The van der Waals surface area contributed by atoms with Crippen LogP contribution in [0.3, 0.4) is 0 Å². The molecule has 4 nitrogen and oxygen atoms in total. The number of nitrogens with two attached hydrogens (primary N) is 1. The van der Waals surface area contributed by atoms with Gasteiger partial charge in [0.25, 0.3) is 0 Å². The third kappa shape index (κ3) is 7.65. The molecule has 2 N–H and O–H groups in total. The molecule has 0 bridgehead atoms. The van der Waals surface area contributed by atoms with Gasteiger partial charge in [-0.2, -0.15) is 0 Å². The predicted octanol–water partition coefficient (Wildman–Crippen LogP) is 1.58. The van der Waals surface area contributed by atoms with E-state index in [0.29, 0.717) is 25.5 Å². The third-order valence-corrected chi connectivity index (χ3v) is 2.33. The van der Waals surface area contributed by atoms with E-state index in [1.807, 2.05) is 6.92 Å². The van der Waals surface area contributed by atoms with E-state index in [-0.39, 0.29) is 18.0 Å². The highest BCUT2D eigenvalue weighted by atomic mass is 16.6. The van der Waals surface area contributed by atoms with Crippen LogP contribution in [0, 0.1) is 11.8 Å². The molecule has 0 aliphatic heterocycles. The molecule has 0 radical (unpaired) electrons. The highest BCUT2D eigenvalue weighted by Crippen LogP contribution is 2.15. The van der Waals surface area contributed by atoms with Gasteiger partial charge in [0, 0.05) is 13.5 Å². The van der Waals surface area contributed by atoms with Crippen LogP contribution in [0.25, 0.3) is 0 Å². The number of hydrogen-bond acceptors (Lipinski definition) is 4. The molecule has 0 saturated heterocycles. The maximum atomic E-state index is 11.5. The molecule has 0 aromatic heterocycles. The van der Waals surface area contributed by atoms with Crippen molar-refractivity contribution in [3.05, 3.63) is 0 Å². The molecule has 2 atom stereocenters. The Morgan fingerprint density at radius 3 is 2.38 bits per heavy atom. The largest absolute Gasteiger partial charge is 0.460 e. The number of hydrogen-bond donors (Lipinski definition) is 1. The normalized spacial score (nSPS) is 14.9. The maximum Gasteiger partial charge on any atom is 0.306 e. The predicted molar refractivity (Wildman–Crippen MR) is 64.0 cm³/mol. The number of esters is 1. The van der Waals surface area contributed by atoms with Crippen molar-refractivity contribution >= 4 is 5.97 Å². The Balaban J connectivity index is 3.91. The van der Waals surface area contributed by atoms with E-state index in [2.05, 4.69) is 13.8 Å². The summed E-state index contributed by atoms with van der Waals surface area (Å²) in [7, 11) is 1.59. The van der Waals surface area contributed by atoms with E-state index in [4.69, 9.17) is 15.2 Å². The molecular formula is C12H25NO3. The molecule has 0 spiro atoms. The van der Waals surface area contributed by atoms with E-state index in [9.17, 15) is 4.79 Å². The zero-order valence-corrected chi connectivity index (χ0v) is 10.9. The summed E-state index contributed by atoms with van der Waals surface area (Å²) < 4.78 is 10.1. The van der Waals surface area contributed by atoms with Crippen molar-refractivity contribution in [2.24, 2.45) is 17.6 Å². The lowest BCUT2D eigenvalue weighted by Crippen LogP contribution is -2.25. The minimum Gasteiger partial charge on any atom is -0.460 e. The van der Waals surface area contributed by atoms with Crippen molar-refractivity contribution < 1.29 is 14.3 Å². The van der Waals surface area contributed by atoms with Gasteiger partial charge in [-0.3, -0.25) is 4.79 Å². The molecule has 16 heavy (non-hydrogen) atoms. The highest BCUT2D eigenvalue weighted by molar-refractivity contribution is 5.69. The van der Waals surface area contributed by atoms with Crippen molar-refractivity contribution in [3.8, 4) is 0 Å². The van der Waals surface area contributed by atoms with Gasteiger partial charge in [0.1, 0.15) is 6.10 Å². The van der Waals surface area contributed by atoms with E-state index < -0.39 is 0 Å². The second kappa shape index (κ2) is 8.53. The summed E-state index contributed by atoms with van der Waals surface area (Å²) in [4.78, 5) is 11.5. The first-order valence-corrected chi connectivity index (χ1v) is 5.88. The maximum absolute atomic E-state index is 11.5. The smallest absolute Gasteiger partial charge is 0.306 e. The summed E-state index contributed by atoms with van der Waals surface area (Å²) in [6, 6.07) is 0. The fourth-order valence-corrected chi connectivity index (χ4v) is 1.71. The van der Waals surface area contributed by atoms with Crippen LogP contribution in [-0.4, -0.2) is 32.3 Å². The SMILES string of the molecule is COCC(C)OC(=O)C[C@@H](CN)CC(C)C. The molecule has 0 saturated carbocycles. The van der Waals surface area contributed by atoms with Crippen molar-refractivity contribution in [1.29, 1.82) is 0 Å². The summed E-state index contributed by atoms with van der Waals surface area (Å²) in [6.45, 7) is 7.04. The van der Waals surface area contributed by atoms with Gasteiger partial charge in [-0.25, -0.2) is 0 Å². The molecule has 0 aromatic rings. The molecule has 0 heterocycles. The molecular weight excluding hydrogens is 206 g/mol. The number of carbonyl (C=O) groups excluding carboxylic acids is 1. The van der Waals surface area contributed by atoms with E-state index >= 15 is 0 Å². The van der Waals surface area contributed by atoms with Crippen LogP contribution in [-0.2, 0) is 14.3 Å². The molecule has 0 rings (SSSR count). The van der Waals surface area contributed by atoms with Gasteiger partial charge in [0.05, 0.1) is 6.61 Å². The molecule has 4 heteroatoms. The second-order valence-corrected chi connectivity index (χ2v) is 4.69. The van der Waals surface area contributed by atoms with Crippen LogP contribution in [0.1, 0.15) is 33.6 Å². The van der Waals surface area contributed by atoms with Crippen molar-refractivity contribution in [3.63, 3.8) is 0 Å². The molecule has 0 fully saturated rings. The Kier molecular flexibility index (Phi) is 8.21. The highest BCUT2D eigenvalue weighted by Gasteiger charge is 2.16. The Morgan fingerprint density at radius 2 is 1.94 bits per heavy atom. The average molecular weight is 231 g/mol. The Bertz CT molecular complexity index is 195. The average Bonchev–Trinajstić information content (AvgIpc) is 2.15. The lowest BCUT2D eigenvalue weighted by atomic mass is 9.94. The quantitative estimate of drug-likeness (QED) is 0.644. The van der Waals surface area contributed by atoms with Crippen LogP contribution in [0.5, 0.6) is 0 Å². The number of carbonyl (C=O) groups is 1. The number of ether oxygens (including phenoxy) is 2. The first-order chi connectivity index (χ1) is 7.49. The lowest BCUT2D eigenvalue weighted by molar-refractivity contribution is -0.151. The summed E-state index contributed by atoms with van der Waals surface area (Å²) >= 11 is 0. The molecule has 0 aliphatic carbocycles. The van der Waals surface area contributed by atoms with E-state index in [1.54, 1.807) is 7.11 Å². The molecule has 0 aromatic carbocycles. The Labute approximate surface area is 98.5 Å². The first-order valence-electron chi connectivity index (χ1n) is 5.88.